The summed E-state index contributed by atoms with van der Waals surface area (Å²) in [5.74, 6) is 8.75. The van der Waals surface area contributed by atoms with Crippen molar-refractivity contribution in [1.29, 1.82) is 0 Å². The normalized spacial score (nSPS) is 27.3. The van der Waals surface area contributed by atoms with Crippen LogP contribution in [0.15, 0.2) is 78.9 Å². The van der Waals surface area contributed by atoms with Gasteiger partial charge in [0, 0.05) is 7.34 Å². The Morgan fingerprint density at radius 1 is 0.833 bits per heavy atom. The maximum atomic E-state index is 13.0. The van der Waals surface area contributed by atoms with E-state index in [1.807, 2.05) is 0 Å². The molecule has 0 heterocycles. The summed E-state index contributed by atoms with van der Waals surface area (Å²) in [6.45, 7) is 2.21. The van der Waals surface area contributed by atoms with Crippen LogP contribution in [-0.2, 0) is 10.2 Å². The lowest BCUT2D eigenvalue weighted by Gasteiger charge is -2.28. The van der Waals surface area contributed by atoms with Gasteiger partial charge in [-0.1, -0.05) is 97.6 Å². The smallest absolute Gasteiger partial charge is 0.151 e. The molecule has 2 saturated carbocycles. The highest BCUT2D eigenvalue weighted by Crippen LogP contribution is 2.53. The van der Waals surface area contributed by atoms with E-state index >= 15 is 0 Å². The molecule has 0 spiro atoms. The van der Waals surface area contributed by atoms with Crippen molar-refractivity contribution in [1.82, 2.24) is 0 Å². The van der Waals surface area contributed by atoms with Crippen LogP contribution in [0.3, 0.4) is 0 Å². The van der Waals surface area contributed by atoms with Crippen molar-refractivity contribution in [2.45, 2.75) is 25.2 Å². The molecule has 3 aromatic rings. The number of benzene rings is 3. The third kappa shape index (κ3) is 2.40. The van der Waals surface area contributed by atoms with Crippen molar-refractivity contribution in [2.24, 2.45) is 23.7 Å². The van der Waals surface area contributed by atoms with Gasteiger partial charge in [-0.3, -0.25) is 4.79 Å². The average molecular weight is 391 g/mol. The Kier molecular flexibility index (Phi) is 3.81. The molecule has 3 aromatic carbocycles. The largest absolute Gasteiger partial charge is 0.298 e. The van der Waals surface area contributed by atoms with E-state index in [0.29, 0.717) is 17.6 Å². The van der Waals surface area contributed by atoms with Crippen LogP contribution in [0, 0.1) is 35.5 Å². The lowest BCUT2D eigenvalue weighted by molar-refractivity contribution is -0.125. The Hall–Kier alpha value is -3.11. The predicted octanol–water partition coefficient (Wildman–Crippen LogP) is 6.11. The summed E-state index contributed by atoms with van der Waals surface area (Å²) in [4.78, 5) is 13.0. The molecule has 0 saturated heterocycles. The van der Waals surface area contributed by atoms with Crippen LogP contribution >= 0.6 is 0 Å². The molecule has 30 heavy (non-hydrogen) atoms. The van der Waals surface area contributed by atoms with Gasteiger partial charge in [-0.15, -0.1) is 0 Å². The van der Waals surface area contributed by atoms with E-state index < -0.39 is 5.41 Å². The number of hydrogen-bond acceptors (Lipinski definition) is 1. The summed E-state index contributed by atoms with van der Waals surface area (Å²) in [6.07, 6.45) is 2.22. The first-order valence-corrected chi connectivity index (χ1v) is 11.0. The van der Waals surface area contributed by atoms with Gasteiger partial charge in [0.2, 0.25) is 0 Å². The number of rotatable bonds is 1. The first-order chi connectivity index (χ1) is 14.7. The Morgan fingerprint density at radius 3 is 2.10 bits per heavy atom. The number of fused-ring (bicyclic) bond motifs is 4. The molecule has 3 aliphatic rings. The maximum absolute atomic E-state index is 13.0. The van der Waals surface area contributed by atoms with Crippen LogP contribution in [-0.4, -0.2) is 5.78 Å². The van der Waals surface area contributed by atoms with Crippen LogP contribution in [0.2, 0.25) is 0 Å². The van der Waals surface area contributed by atoms with Crippen molar-refractivity contribution >= 4 is 5.78 Å². The van der Waals surface area contributed by atoms with E-state index in [9.17, 15) is 4.79 Å². The zero-order valence-corrected chi connectivity index (χ0v) is 17.1. The molecule has 0 amide bonds. The van der Waals surface area contributed by atoms with E-state index in [1.54, 1.807) is 0 Å². The van der Waals surface area contributed by atoms with Gasteiger partial charge in [-0.25, -0.2) is 0 Å². The molecule has 148 valence electrons. The topological polar surface area (TPSA) is 17.1 Å². The Balaban J connectivity index is 0.00000204. The van der Waals surface area contributed by atoms with Gasteiger partial charge in [0.15, 0.2) is 5.78 Å². The second-order valence-electron chi connectivity index (χ2n) is 9.17. The molecule has 1 heteroatoms. The molecule has 0 aromatic heterocycles. The van der Waals surface area contributed by atoms with Crippen molar-refractivity contribution in [3.8, 4) is 23.0 Å². The van der Waals surface area contributed by atoms with Gasteiger partial charge < -0.3 is 0 Å². The van der Waals surface area contributed by atoms with Crippen molar-refractivity contribution in [3.05, 3.63) is 95.6 Å². The van der Waals surface area contributed by atoms with Crippen LogP contribution < -0.4 is 0 Å². The van der Waals surface area contributed by atoms with Gasteiger partial charge in [0.1, 0.15) is 5.41 Å². The fourth-order valence-electron chi connectivity index (χ4n) is 5.82. The van der Waals surface area contributed by atoms with Gasteiger partial charge in [-0.2, -0.15) is 0 Å². The lowest BCUT2D eigenvalue weighted by Crippen LogP contribution is -2.29. The summed E-state index contributed by atoms with van der Waals surface area (Å²) in [5.41, 5.74) is 5.59. The second kappa shape index (κ2) is 6.44. The fourth-order valence-corrected chi connectivity index (χ4v) is 5.82. The summed E-state index contributed by atoms with van der Waals surface area (Å²) < 4.78 is 0. The molecule has 2 fully saturated rings. The van der Waals surface area contributed by atoms with Gasteiger partial charge >= 0.3 is 0 Å². The molecule has 3 unspecified atom stereocenters. The first kappa shape index (κ1) is 17.7. The molecular weight excluding hydrogens is 364 g/mol. The minimum absolute atomic E-state index is 0. The molecule has 0 bridgehead atoms. The maximum Gasteiger partial charge on any atom is 0.151 e. The van der Waals surface area contributed by atoms with E-state index in [-0.39, 0.29) is 13.3 Å². The minimum Gasteiger partial charge on any atom is -0.298 e. The zero-order valence-electron chi connectivity index (χ0n) is 17.1. The van der Waals surface area contributed by atoms with Gasteiger partial charge in [-0.05, 0) is 52.5 Å². The summed E-state index contributed by atoms with van der Waals surface area (Å²) in [5, 5.41) is 0. The molecule has 3 aliphatic carbocycles. The number of Topliss-reactive ketones (excluding diaryl/α,β-unsaturated/α-hetero) is 1. The first-order valence-electron chi connectivity index (χ1n) is 11.0. The van der Waals surface area contributed by atoms with E-state index in [0.717, 1.165) is 12.8 Å². The summed E-state index contributed by atoms with van der Waals surface area (Å²) >= 11 is 0. The lowest BCUT2D eigenvalue weighted by atomic mass is 9.72. The molecule has 1 nitrogen and oxygen atoms in total. The third-order valence-corrected chi connectivity index (χ3v) is 7.41. The molecule has 0 radical (unpaired) electrons. The highest BCUT2D eigenvalue weighted by molar-refractivity contribution is 5.90. The fraction of sp³-hybridized carbons (Fsp3) is 0.276. The Morgan fingerprint density at radius 2 is 1.43 bits per heavy atom. The SMILES string of the molecule is C[C@@H]1CC2CC2C(=O)C1C#CC1(c2ccccc2)c2ccccc2-c2ccccc21.[HH]. The van der Waals surface area contributed by atoms with Crippen LogP contribution in [0.4, 0.5) is 0 Å². The van der Waals surface area contributed by atoms with Crippen molar-refractivity contribution in [2.75, 3.05) is 0 Å². The molecule has 0 aliphatic heterocycles. The van der Waals surface area contributed by atoms with Gasteiger partial charge in [0.25, 0.3) is 0 Å². The van der Waals surface area contributed by atoms with E-state index in [1.165, 1.54) is 27.8 Å². The summed E-state index contributed by atoms with van der Waals surface area (Å²) in [7, 11) is 0. The quantitative estimate of drug-likeness (QED) is 0.458. The van der Waals surface area contributed by atoms with E-state index in [2.05, 4.69) is 97.6 Å². The van der Waals surface area contributed by atoms with E-state index in [4.69, 9.17) is 0 Å². The average Bonchev–Trinajstić information content (AvgIpc) is 3.51. The molecular formula is C29H26O. The van der Waals surface area contributed by atoms with Gasteiger partial charge in [0.05, 0.1) is 5.92 Å². The minimum atomic E-state index is -0.533. The van der Waals surface area contributed by atoms with Crippen molar-refractivity contribution < 1.29 is 6.22 Å². The van der Waals surface area contributed by atoms with Crippen molar-refractivity contribution in [3.63, 3.8) is 0 Å². The highest BCUT2D eigenvalue weighted by Gasteiger charge is 2.51. The van der Waals surface area contributed by atoms with Crippen LogP contribution in [0.25, 0.3) is 11.1 Å². The Labute approximate surface area is 179 Å². The molecule has 0 N–H and O–H groups in total. The molecule has 6 rings (SSSR count). The predicted molar refractivity (Wildman–Crippen MR) is 122 cm³/mol. The molecule has 4 atom stereocenters. The standard InChI is InChI=1S/C29H24O.H2/c1-19-17-20-18-25(20)28(30)22(19)15-16-29(21-9-3-2-4-10-21)26-13-7-5-11-23(26)24-12-6-8-14-27(24)29;/h2-14,19-20,22,25H,17-18H2,1H3;1H/t19-,20?,22?,25?;/m1./s1. The number of ketones is 1. The number of carbonyl (C=O) groups excluding carboxylic acids is 1. The van der Waals surface area contributed by atoms with Crippen LogP contribution in [0.5, 0.6) is 0 Å². The Bertz CT molecular complexity index is 1170. The summed E-state index contributed by atoms with van der Waals surface area (Å²) in [6, 6.07) is 27.8. The number of carbonyl (C=O) groups is 1. The second-order valence-corrected chi connectivity index (χ2v) is 9.17. The third-order valence-electron chi connectivity index (χ3n) is 7.41. The zero-order chi connectivity index (χ0) is 20.3. The monoisotopic (exact) mass is 390 g/mol. The van der Waals surface area contributed by atoms with Crippen LogP contribution in [0.1, 0.15) is 37.9 Å². The number of hydrogen-bond donors (Lipinski definition) is 0. The highest BCUT2D eigenvalue weighted by atomic mass is 16.1.